The number of hydrogen-bond donors (Lipinski definition) is 1. The van der Waals surface area contributed by atoms with Crippen molar-refractivity contribution >= 4 is 11.6 Å². The number of hydrogen-bond acceptors (Lipinski definition) is 5. The fourth-order valence-electron chi connectivity index (χ4n) is 2.34. The molecule has 0 atom stereocenters. The number of aromatic nitrogens is 2. The molecule has 0 unspecified atom stereocenters. The van der Waals surface area contributed by atoms with Crippen LogP contribution in [0.25, 0.3) is 0 Å². The Labute approximate surface area is 112 Å². The molecular weight excluding hydrogens is 240 g/mol. The minimum Gasteiger partial charge on any atom is -0.467 e. The summed E-state index contributed by atoms with van der Waals surface area (Å²) in [7, 11) is 0. The molecule has 19 heavy (non-hydrogen) atoms. The molecule has 100 valence electrons. The fraction of sp³-hybridized carbons (Fsp3) is 0.429. The van der Waals surface area contributed by atoms with E-state index < -0.39 is 0 Å². The predicted molar refractivity (Wildman–Crippen MR) is 73.7 cm³/mol. The third-order valence-electron chi connectivity index (χ3n) is 3.48. The first-order chi connectivity index (χ1) is 9.29. The molecule has 0 aliphatic heterocycles. The largest absolute Gasteiger partial charge is 0.467 e. The van der Waals surface area contributed by atoms with Crippen LogP contribution >= 0.6 is 0 Å². The number of furan rings is 1. The van der Waals surface area contributed by atoms with Crippen molar-refractivity contribution in [1.29, 1.82) is 0 Å². The van der Waals surface area contributed by atoms with Gasteiger partial charge in [-0.1, -0.05) is 6.92 Å². The maximum absolute atomic E-state index is 5.96. The Morgan fingerprint density at radius 2 is 2.26 bits per heavy atom. The second-order valence-corrected chi connectivity index (χ2v) is 4.85. The van der Waals surface area contributed by atoms with Gasteiger partial charge >= 0.3 is 0 Å². The Bertz CT molecular complexity index is 549. The van der Waals surface area contributed by atoms with Crippen molar-refractivity contribution < 1.29 is 4.42 Å². The summed E-state index contributed by atoms with van der Waals surface area (Å²) < 4.78 is 5.45. The Balaban J connectivity index is 1.94. The third-order valence-corrected chi connectivity index (χ3v) is 3.48. The van der Waals surface area contributed by atoms with Gasteiger partial charge in [0.15, 0.2) is 0 Å². The summed E-state index contributed by atoms with van der Waals surface area (Å²) >= 11 is 0. The molecule has 2 heterocycles. The van der Waals surface area contributed by atoms with E-state index in [9.17, 15) is 0 Å². The highest BCUT2D eigenvalue weighted by molar-refractivity contribution is 5.57. The lowest BCUT2D eigenvalue weighted by atomic mass is 10.2. The first kappa shape index (κ1) is 12.0. The Morgan fingerprint density at radius 3 is 2.89 bits per heavy atom. The van der Waals surface area contributed by atoms with Gasteiger partial charge in [0.2, 0.25) is 0 Å². The molecule has 1 aliphatic carbocycles. The van der Waals surface area contributed by atoms with Gasteiger partial charge in [0, 0.05) is 11.6 Å². The molecule has 2 N–H and O–H groups in total. The molecule has 1 fully saturated rings. The summed E-state index contributed by atoms with van der Waals surface area (Å²) in [6.45, 7) is 2.82. The number of rotatable bonds is 5. The predicted octanol–water partition coefficient (Wildman–Crippen LogP) is 2.38. The number of nitrogens with zero attached hydrogens (tertiary/aromatic N) is 3. The molecule has 0 aromatic carbocycles. The van der Waals surface area contributed by atoms with E-state index in [4.69, 9.17) is 10.2 Å². The molecule has 0 bridgehead atoms. The van der Waals surface area contributed by atoms with Gasteiger partial charge in [-0.15, -0.1) is 0 Å². The summed E-state index contributed by atoms with van der Waals surface area (Å²) in [5, 5.41) is 0. The zero-order valence-electron chi connectivity index (χ0n) is 11.0. The second-order valence-electron chi connectivity index (χ2n) is 4.85. The third kappa shape index (κ3) is 2.41. The van der Waals surface area contributed by atoms with Gasteiger partial charge in [0.05, 0.1) is 12.8 Å². The van der Waals surface area contributed by atoms with E-state index in [1.54, 1.807) is 12.6 Å². The molecule has 1 aliphatic rings. The van der Waals surface area contributed by atoms with Gasteiger partial charge in [0.1, 0.15) is 23.7 Å². The SMILES string of the molecule is CCc1c(N)ncnc1N(Cc1ccco1)C1CC1. The van der Waals surface area contributed by atoms with Crippen molar-refractivity contribution in [3.05, 3.63) is 36.0 Å². The second kappa shape index (κ2) is 4.91. The minimum absolute atomic E-state index is 0.546. The first-order valence-electron chi connectivity index (χ1n) is 6.68. The highest BCUT2D eigenvalue weighted by Crippen LogP contribution is 2.34. The highest BCUT2D eigenvalue weighted by atomic mass is 16.3. The van der Waals surface area contributed by atoms with E-state index in [0.717, 1.165) is 30.1 Å². The standard InChI is InChI=1S/C14H18N4O/c1-2-12-13(15)16-9-17-14(12)18(10-5-6-10)8-11-4-3-7-19-11/h3-4,7,9-10H,2,5-6,8H2,1H3,(H2,15,16,17). The van der Waals surface area contributed by atoms with Crippen LogP contribution < -0.4 is 10.6 Å². The smallest absolute Gasteiger partial charge is 0.137 e. The Hall–Kier alpha value is -2.04. The molecular formula is C14H18N4O. The van der Waals surface area contributed by atoms with Crippen LogP contribution in [-0.4, -0.2) is 16.0 Å². The van der Waals surface area contributed by atoms with Crippen molar-refractivity contribution in [3.63, 3.8) is 0 Å². The molecule has 5 nitrogen and oxygen atoms in total. The van der Waals surface area contributed by atoms with E-state index in [2.05, 4.69) is 21.8 Å². The average molecular weight is 258 g/mol. The molecule has 5 heteroatoms. The zero-order chi connectivity index (χ0) is 13.2. The monoisotopic (exact) mass is 258 g/mol. The highest BCUT2D eigenvalue weighted by Gasteiger charge is 2.32. The number of nitrogens with two attached hydrogens (primary N) is 1. The molecule has 1 saturated carbocycles. The van der Waals surface area contributed by atoms with Gasteiger partial charge in [-0.25, -0.2) is 9.97 Å². The normalized spacial score (nSPS) is 14.6. The molecule has 0 spiro atoms. The lowest BCUT2D eigenvalue weighted by Gasteiger charge is -2.24. The van der Waals surface area contributed by atoms with Gasteiger partial charge in [0.25, 0.3) is 0 Å². The van der Waals surface area contributed by atoms with Crippen LogP contribution in [0, 0.1) is 0 Å². The van der Waals surface area contributed by atoms with Gasteiger partial charge in [-0.3, -0.25) is 0 Å². The van der Waals surface area contributed by atoms with Gasteiger partial charge < -0.3 is 15.1 Å². The number of nitrogen functional groups attached to an aromatic ring is 1. The van der Waals surface area contributed by atoms with Crippen molar-refractivity contribution in [1.82, 2.24) is 9.97 Å². The maximum atomic E-state index is 5.96. The van der Waals surface area contributed by atoms with E-state index >= 15 is 0 Å². The molecule has 0 amide bonds. The number of anilines is 2. The minimum atomic E-state index is 0.546. The van der Waals surface area contributed by atoms with Gasteiger partial charge in [-0.05, 0) is 31.4 Å². The summed E-state index contributed by atoms with van der Waals surface area (Å²) in [6.07, 6.45) is 6.49. The van der Waals surface area contributed by atoms with E-state index in [-0.39, 0.29) is 0 Å². The quantitative estimate of drug-likeness (QED) is 0.891. The first-order valence-corrected chi connectivity index (χ1v) is 6.68. The van der Waals surface area contributed by atoms with Crippen LogP contribution in [0.5, 0.6) is 0 Å². The summed E-state index contributed by atoms with van der Waals surface area (Å²) in [5.74, 6) is 2.48. The van der Waals surface area contributed by atoms with Crippen molar-refractivity contribution in [2.75, 3.05) is 10.6 Å². The van der Waals surface area contributed by atoms with Gasteiger partial charge in [-0.2, -0.15) is 0 Å². The van der Waals surface area contributed by atoms with Crippen LogP contribution in [0.1, 0.15) is 31.1 Å². The van der Waals surface area contributed by atoms with Crippen LogP contribution in [0.3, 0.4) is 0 Å². The van der Waals surface area contributed by atoms with Crippen molar-refractivity contribution in [2.24, 2.45) is 0 Å². The molecule has 2 aromatic rings. The lowest BCUT2D eigenvalue weighted by Crippen LogP contribution is -2.27. The zero-order valence-corrected chi connectivity index (χ0v) is 11.0. The van der Waals surface area contributed by atoms with Crippen LogP contribution in [0.4, 0.5) is 11.6 Å². The molecule has 2 aromatic heterocycles. The summed E-state index contributed by atoms with van der Waals surface area (Å²) in [5.41, 5.74) is 6.99. The van der Waals surface area contributed by atoms with E-state index in [0.29, 0.717) is 11.9 Å². The lowest BCUT2D eigenvalue weighted by molar-refractivity contribution is 0.500. The maximum Gasteiger partial charge on any atom is 0.137 e. The van der Waals surface area contributed by atoms with Crippen molar-refractivity contribution in [3.8, 4) is 0 Å². The fourth-order valence-corrected chi connectivity index (χ4v) is 2.34. The molecule has 0 radical (unpaired) electrons. The van der Waals surface area contributed by atoms with Crippen molar-refractivity contribution in [2.45, 2.75) is 38.8 Å². The summed E-state index contributed by atoms with van der Waals surface area (Å²) in [6, 6.07) is 4.45. The van der Waals surface area contributed by atoms with Crippen LogP contribution in [-0.2, 0) is 13.0 Å². The Morgan fingerprint density at radius 1 is 1.42 bits per heavy atom. The Kier molecular flexibility index (Phi) is 3.11. The molecule has 3 rings (SSSR count). The average Bonchev–Trinajstić information content (AvgIpc) is 3.13. The van der Waals surface area contributed by atoms with Crippen LogP contribution in [0.15, 0.2) is 29.1 Å². The topological polar surface area (TPSA) is 68.2 Å². The van der Waals surface area contributed by atoms with Crippen LogP contribution in [0.2, 0.25) is 0 Å². The summed E-state index contributed by atoms with van der Waals surface area (Å²) in [4.78, 5) is 10.8. The van der Waals surface area contributed by atoms with E-state index in [1.807, 2.05) is 12.1 Å². The molecule has 0 saturated heterocycles. The van der Waals surface area contributed by atoms with E-state index in [1.165, 1.54) is 12.8 Å².